The quantitative estimate of drug-likeness (QED) is 0.720. The van der Waals surface area contributed by atoms with Gasteiger partial charge in [0.2, 0.25) is 0 Å². The summed E-state index contributed by atoms with van der Waals surface area (Å²) in [5.74, 6) is 0.816. The molecule has 5 aliphatic rings. The molecule has 8 unspecified atom stereocenters. The second kappa shape index (κ2) is 5.07. The maximum absolute atomic E-state index is 11.1. The molecule has 1 spiro atoms. The van der Waals surface area contributed by atoms with Crippen molar-refractivity contribution in [3.8, 4) is 0 Å². The van der Waals surface area contributed by atoms with Crippen LogP contribution in [0.15, 0.2) is 0 Å². The smallest absolute Gasteiger partial charge is 0.163 e. The van der Waals surface area contributed by atoms with Crippen molar-refractivity contribution in [3.05, 3.63) is 0 Å². The maximum Gasteiger partial charge on any atom is 0.163 e. The molecular weight excluding hydrogens is 324 g/mol. The second-order valence-corrected chi connectivity index (χ2v) is 11.9. The normalized spacial score (nSPS) is 60.7. The van der Waals surface area contributed by atoms with Gasteiger partial charge in [-0.1, -0.05) is 20.8 Å². The highest BCUT2D eigenvalue weighted by atomic mass is 16.7. The Bertz CT molecular complexity index is 617. The van der Waals surface area contributed by atoms with Gasteiger partial charge in [-0.3, -0.25) is 0 Å². The lowest BCUT2D eigenvalue weighted by atomic mass is 9.44. The van der Waals surface area contributed by atoms with Gasteiger partial charge in [-0.25, -0.2) is 0 Å². The molecule has 1 N–H and O–H groups in total. The Morgan fingerprint density at radius 2 is 1.69 bits per heavy atom. The van der Waals surface area contributed by atoms with Gasteiger partial charge in [-0.2, -0.15) is 0 Å². The Morgan fingerprint density at radius 1 is 0.923 bits per heavy atom. The van der Waals surface area contributed by atoms with Crippen LogP contribution in [0.2, 0.25) is 0 Å². The Morgan fingerprint density at radius 3 is 2.38 bits per heavy atom. The van der Waals surface area contributed by atoms with E-state index in [0.29, 0.717) is 22.2 Å². The minimum atomic E-state index is -0.430. The molecule has 0 aromatic heterocycles. The molecule has 26 heavy (non-hydrogen) atoms. The van der Waals surface area contributed by atoms with Gasteiger partial charge in [0.1, 0.15) is 0 Å². The zero-order valence-corrected chi connectivity index (χ0v) is 17.4. The Hall–Kier alpha value is -0.120. The van der Waals surface area contributed by atoms with Crippen molar-refractivity contribution in [2.45, 2.75) is 104 Å². The first-order chi connectivity index (χ1) is 12.0. The molecule has 1 aliphatic heterocycles. The van der Waals surface area contributed by atoms with Crippen LogP contribution in [-0.4, -0.2) is 29.7 Å². The molecule has 3 heteroatoms. The average molecular weight is 363 g/mol. The predicted molar refractivity (Wildman–Crippen MR) is 102 cm³/mol. The third kappa shape index (κ3) is 2.17. The minimum absolute atomic E-state index is 0.0762. The summed E-state index contributed by atoms with van der Waals surface area (Å²) in [5, 5.41) is 11.1. The van der Waals surface area contributed by atoms with E-state index in [0.717, 1.165) is 18.9 Å². The van der Waals surface area contributed by atoms with E-state index in [1.54, 1.807) is 0 Å². The van der Waals surface area contributed by atoms with Crippen LogP contribution in [0, 0.1) is 33.5 Å². The third-order valence-corrected chi connectivity index (χ3v) is 10.1. The lowest BCUT2D eigenvalue weighted by molar-refractivity contribution is -0.183. The van der Waals surface area contributed by atoms with Gasteiger partial charge < -0.3 is 14.6 Å². The molecule has 1 saturated heterocycles. The van der Waals surface area contributed by atoms with E-state index in [1.165, 1.54) is 44.9 Å². The van der Waals surface area contributed by atoms with Crippen molar-refractivity contribution in [2.24, 2.45) is 33.5 Å². The molecule has 4 aliphatic carbocycles. The van der Waals surface area contributed by atoms with E-state index in [2.05, 4.69) is 20.8 Å². The van der Waals surface area contributed by atoms with Crippen molar-refractivity contribution < 1.29 is 14.6 Å². The number of ether oxygens (including phenoxy) is 2. The number of aliphatic hydroxyl groups is 1. The summed E-state index contributed by atoms with van der Waals surface area (Å²) in [7, 11) is 0. The lowest BCUT2D eigenvalue weighted by Gasteiger charge is -2.61. The van der Waals surface area contributed by atoms with Crippen LogP contribution >= 0.6 is 0 Å². The summed E-state index contributed by atoms with van der Waals surface area (Å²) in [5.41, 5.74) is 1.51. The SMILES string of the molecule is CC1(C)OCC(C2(C)CCC3(C)C(CCC45CC4(C)CCC(O)C35)C2)O1. The highest BCUT2D eigenvalue weighted by molar-refractivity contribution is 5.24. The van der Waals surface area contributed by atoms with Gasteiger partial charge in [0.25, 0.3) is 0 Å². The topological polar surface area (TPSA) is 38.7 Å². The Balaban J connectivity index is 1.41. The summed E-state index contributed by atoms with van der Waals surface area (Å²) >= 11 is 0. The van der Waals surface area contributed by atoms with Crippen molar-refractivity contribution in [1.29, 1.82) is 0 Å². The molecule has 1 heterocycles. The molecule has 5 fully saturated rings. The summed E-state index contributed by atoms with van der Waals surface area (Å²) in [6.45, 7) is 12.3. The van der Waals surface area contributed by atoms with Crippen molar-refractivity contribution in [2.75, 3.05) is 6.61 Å². The molecule has 148 valence electrons. The first-order valence-electron chi connectivity index (χ1n) is 11.0. The maximum atomic E-state index is 11.1. The fourth-order valence-electron chi connectivity index (χ4n) is 8.35. The minimum Gasteiger partial charge on any atom is -0.393 e. The van der Waals surface area contributed by atoms with Gasteiger partial charge in [0.05, 0.1) is 18.8 Å². The number of hydrogen-bond acceptors (Lipinski definition) is 3. The third-order valence-electron chi connectivity index (χ3n) is 10.1. The monoisotopic (exact) mass is 362 g/mol. The van der Waals surface area contributed by atoms with Crippen LogP contribution in [0.3, 0.4) is 0 Å². The molecule has 5 rings (SSSR count). The van der Waals surface area contributed by atoms with Crippen LogP contribution in [0.25, 0.3) is 0 Å². The van der Waals surface area contributed by atoms with Crippen LogP contribution in [-0.2, 0) is 9.47 Å². The van der Waals surface area contributed by atoms with Gasteiger partial charge in [0, 0.05) is 0 Å². The van der Waals surface area contributed by atoms with Crippen molar-refractivity contribution in [1.82, 2.24) is 0 Å². The number of rotatable bonds is 1. The van der Waals surface area contributed by atoms with E-state index in [1.807, 2.05) is 13.8 Å². The first-order valence-corrected chi connectivity index (χ1v) is 11.0. The molecule has 3 nitrogen and oxygen atoms in total. The molecule has 4 saturated carbocycles. The zero-order valence-electron chi connectivity index (χ0n) is 17.4. The van der Waals surface area contributed by atoms with Crippen LogP contribution in [0.4, 0.5) is 0 Å². The predicted octanol–water partition coefficient (Wildman–Crippen LogP) is 4.91. The van der Waals surface area contributed by atoms with Gasteiger partial charge >= 0.3 is 0 Å². The first kappa shape index (κ1) is 17.9. The molecule has 0 radical (unpaired) electrons. The van der Waals surface area contributed by atoms with E-state index in [9.17, 15) is 5.11 Å². The van der Waals surface area contributed by atoms with Crippen LogP contribution < -0.4 is 0 Å². The Labute approximate surface area is 159 Å². The lowest BCUT2D eigenvalue weighted by Crippen LogP contribution is -2.57. The number of aliphatic hydroxyl groups excluding tert-OH is 1. The van der Waals surface area contributed by atoms with E-state index < -0.39 is 5.79 Å². The fraction of sp³-hybridized carbons (Fsp3) is 1.00. The standard InChI is InChI=1S/C23H38O3/c1-19(2)25-13-17(26-19)20(3)10-11-22(5)15(12-20)6-9-23-14-21(23,4)8-7-16(24)18(22)23/h15-18,24H,6-14H2,1-5H3. The van der Waals surface area contributed by atoms with Gasteiger partial charge in [0.15, 0.2) is 5.79 Å². The number of fused-ring (bicyclic) bond motifs is 2. The summed E-state index contributed by atoms with van der Waals surface area (Å²) in [6.07, 6.45) is 10.2. The summed E-state index contributed by atoms with van der Waals surface area (Å²) < 4.78 is 12.2. The second-order valence-electron chi connectivity index (χ2n) is 11.9. The molecule has 8 atom stereocenters. The molecular formula is C23H38O3. The highest BCUT2D eigenvalue weighted by Gasteiger charge is 2.75. The van der Waals surface area contributed by atoms with Crippen molar-refractivity contribution >= 4 is 0 Å². The molecule has 0 aromatic carbocycles. The summed E-state index contributed by atoms with van der Waals surface area (Å²) in [6, 6.07) is 0. The van der Waals surface area contributed by atoms with E-state index >= 15 is 0 Å². The van der Waals surface area contributed by atoms with Crippen LogP contribution in [0.1, 0.15) is 86.0 Å². The highest BCUT2D eigenvalue weighted by Crippen LogP contribution is 2.82. The van der Waals surface area contributed by atoms with Gasteiger partial charge in [-0.15, -0.1) is 0 Å². The molecule has 0 bridgehead atoms. The molecule has 0 aromatic rings. The Kier molecular flexibility index (Phi) is 3.50. The van der Waals surface area contributed by atoms with Gasteiger partial charge in [-0.05, 0) is 98.7 Å². The molecule has 0 amide bonds. The largest absolute Gasteiger partial charge is 0.393 e. The summed E-state index contributed by atoms with van der Waals surface area (Å²) in [4.78, 5) is 0. The van der Waals surface area contributed by atoms with E-state index in [-0.39, 0.29) is 17.6 Å². The average Bonchev–Trinajstić information content (AvgIpc) is 2.98. The van der Waals surface area contributed by atoms with Crippen LogP contribution in [0.5, 0.6) is 0 Å². The van der Waals surface area contributed by atoms with Crippen molar-refractivity contribution in [3.63, 3.8) is 0 Å². The van der Waals surface area contributed by atoms with E-state index in [4.69, 9.17) is 9.47 Å². The zero-order chi connectivity index (χ0) is 18.6. The number of hydrogen-bond donors (Lipinski definition) is 1. The fourth-order valence-corrected chi connectivity index (χ4v) is 8.35.